The first-order chi connectivity index (χ1) is 11.3. The van der Waals surface area contributed by atoms with E-state index in [0.29, 0.717) is 13.2 Å². The molecular formula is C18H24BrNO3. The second-order valence-corrected chi connectivity index (χ2v) is 7.42. The minimum atomic E-state index is -0.273. The van der Waals surface area contributed by atoms with E-state index >= 15 is 0 Å². The number of benzene rings is 1. The van der Waals surface area contributed by atoms with Gasteiger partial charge in [-0.25, -0.2) is 4.79 Å². The molecule has 0 bridgehead atoms. The Balaban J connectivity index is 1.80. The van der Waals surface area contributed by atoms with Crippen LogP contribution in [0.25, 0.3) is 0 Å². The van der Waals surface area contributed by atoms with Gasteiger partial charge in [0.25, 0.3) is 0 Å². The summed E-state index contributed by atoms with van der Waals surface area (Å²) in [6.07, 6.45) is 6.40. The molecule has 0 aromatic heterocycles. The summed E-state index contributed by atoms with van der Waals surface area (Å²) in [6, 6.07) is 9.99. The number of carbonyl (C=O) groups excluding carboxylic acids is 1. The molecule has 2 fully saturated rings. The quantitative estimate of drug-likeness (QED) is 0.700. The minimum absolute atomic E-state index is 0.0725. The van der Waals surface area contributed by atoms with Gasteiger partial charge in [0, 0.05) is 6.61 Å². The first kappa shape index (κ1) is 16.8. The van der Waals surface area contributed by atoms with Crippen molar-refractivity contribution in [1.29, 1.82) is 0 Å². The number of nitrogens with zero attached hydrogens (tertiary/aromatic N) is 1. The maximum absolute atomic E-state index is 12.4. The van der Waals surface area contributed by atoms with E-state index in [-0.39, 0.29) is 23.2 Å². The second kappa shape index (κ2) is 8.15. The Bertz CT molecular complexity index is 510. The maximum Gasteiger partial charge on any atom is 0.412 e. The van der Waals surface area contributed by atoms with Crippen LogP contribution in [0.5, 0.6) is 0 Å². The molecule has 2 aliphatic rings. The number of carbonyl (C=O) groups is 1. The molecule has 1 amide bonds. The molecule has 2 heterocycles. The van der Waals surface area contributed by atoms with Gasteiger partial charge in [-0.2, -0.15) is 0 Å². The summed E-state index contributed by atoms with van der Waals surface area (Å²) in [5.74, 6) is 0. The molecule has 2 aliphatic heterocycles. The Morgan fingerprint density at radius 1 is 1.04 bits per heavy atom. The van der Waals surface area contributed by atoms with E-state index in [4.69, 9.17) is 9.47 Å². The van der Waals surface area contributed by atoms with Gasteiger partial charge in [-0.15, -0.1) is 0 Å². The third kappa shape index (κ3) is 4.07. The number of ether oxygens (including phenoxy) is 2. The van der Waals surface area contributed by atoms with Crippen molar-refractivity contribution in [1.82, 2.24) is 4.90 Å². The molecule has 0 spiro atoms. The van der Waals surface area contributed by atoms with Crippen LogP contribution in [0.15, 0.2) is 30.3 Å². The Labute approximate surface area is 146 Å². The number of cyclic esters (lactones) is 1. The lowest BCUT2D eigenvalue weighted by Gasteiger charge is -2.34. The zero-order valence-corrected chi connectivity index (χ0v) is 14.9. The first-order valence-electron chi connectivity index (χ1n) is 8.53. The topological polar surface area (TPSA) is 38.8 Å². The molecule has 23 heavy (non-hydrogen) atoms. The number of rotatable bonds is 2. The zero-order chi connectivity index (χ0) is 16.1. The van der Waals surface area contributed by atoms with Crippen molar-refractivity contribution in [2.75, 3.05) is 13.2 Å². The standard InChI is InChI=1S/C18H24BrNO3/c19-15-11-7-2-1-3-8-12-22-17(15)20-16(13-23-18(20)21)14-9-5-4-6-10-14/h4-6,9-10,15-17H,1-3,7-8,11-13H2/t15-,16+,17?/m1/s1. The van der Waals surface area contributed by atoms with Crippen LogP contribution in [0, 0.1) is 0 Å². The summed E-state index contributed by atoms with van der Waals surface area (Å²) >= 11 is 3.76. The van der Waals surface area contributed by atoms with Gasteiger partial charge in [-0.3, -0.25) is 4.90 Å². The fraction of sp³-hybridized carbons (Fsp3) is 0.611. The average Bonchev–Trinajstić information content (AvgIpc) is 2.96. The molecule has 4 nitrogen and oxygen atoms in total. The Kier molecular flexibility index (Phi) is 5.95. The van der Waals surface area contributed by atoms with Crippen molar-refractivity contribution in [3.05, 3.63) is 35.9 Å². The zero-order valence-electron chi connectivity index (χ0n) is 13.3. The predicted molar refractivity (Wildman–Crippen MR) is 92.5 cm³/mol. The number of amides is 1. The number of hydrogen-bond acceptors (Lipinski definition) is 3. The van der Waals surface area contributed by atoms with E-state index in [9.17, 15) is 4.79 Å². The molecule has 5 heteroatoms. The summed E-state index contributed by atoms with van der Waals surface area (Å²) < 4.78 is 11.5. The highest BCUT2D eigenvalue weighted by atomic mass is 79.9. The molecule has 1 aromatic carbocycles. The lowest BCUT2D eigenvalue weighted by Crippen LogP contribution is -2.45. The number of halogens is 1. The molecule has 0 N–H and O–H groups in total. The van der Waals surface area contributed by atoms with Crippen molar-refractivity contribution >= 4 is 22.0 Å². The van der Waals surface area contributed by atoms with Crippen LogP contribution in [-0.2, 0) is 9.47 Å². The monoisotopic (exact) mass is 381 g/mol. The van der Waals surface area contributed by atoms with Gasteiger partial charge in [0.1, 0.15) is 12.8 Å². The summed E-state index contributed by atoms with van der Waals surface area (Å²) in [5, 5.41) is 0. The fourth-order valence-electron chi connectivity index (χ4n) is 3.32. The maximum atomic E-state index is 12.4. The predicted octanol–water partition coefficient (Wildman–Crippen LogP) is 4.64. The van der Waals surface area contributed by atoms with Gasteiger partial charge in [0.05, 0.1) is 10.9 Å². The highest BCUT2D eigenvalue weighted by Gasteiger charge is 2.42. The van der Waals surface area contributed by atoms with Gasteiger partial charge >= 0.3 is 6.09 Å². The number of alkyl halides is 1. The van der Waals surface area contributed by atoms with E-state index in [1.54, 1.807) is 4.90 Å². The molecule has 126 valence electrons. The van der Waals surface area contributed by atoms with Crippen LogP contribution in [0.2, 0.25) is 0 Å². The third-order valence-electron chi connectivity index (χ3n) is 4.59. The van der Waals surface area contributed by atoms with Gasteiger partial charge in [0.15, 0.2) is 0 Å². The lowest BCUT2D eigenvalue weighted by molar-refractivity contribution is -0.0492. The van der Waals surface area contributed by atoms with E-state index in [0.717, 1.165) is 24.8 Å². The first-order valence-corrected chi connectivity index (χ1v) is 9.44. The van der Waals surface area contributed by atoms with Crippen molar-refractivity contribution < 1.29 is 14.3 Å². The summed E-state index contributed by atoms with van der Waals surface area (Å²) in [6.45, 7) is 1.08. The molecule has 0 radical (unpaired) electrons. The third-order valence-corrected chi connectivity index (χ3v) is 5.50. The molecule has 1 aromatic rings. The Hall–Kier alpha value is -1.07. The average molecular weight is 382 g/mol. The number of hydrogen-bond donors (Lipinski definition) is 0. The fourth-order valence-corrected chi connectivity index (χ4v) is 4.05. The molecule has 2 saturated heterocycles. The van der Waals surface area contributed by atoms with Gasteiger partial charge in [-0.05, 0) is 18.4 Å². The van der Waals surface area contributed by atoms with Crippen molar-refractivity contribution in [3.8, 4) is 0 Å². The summed E-state index contributed by atoms with van der Waals surface area (Å²) in [4.78, 5) is 14.3. The Morgan fingerprint density at radius 3 is 2.61 bits per heavy atom. The van der Waals surface area contributed by atoms with E-state index in [1.807, 2.05) is 30.3 Å². The SMILES string of the molecule is O=C1OC[C@@H](c2ccccc2)N1C1OCCCCCCC[C@H]1Br. The van der Waals surface area contributed by atoms with Crippen molar-refractivity contribution in [3.63, 3.8) is 0 Å². The van der Waals surface area contributed by atoms with Gasteiger partial charge in [-0.1, -0.05) is 71.9 Å². The minimum Gasteiger partial charge on any atom is -0.447 e. The lowest BCUT2D eigenvalue weighted by atomic mass is 10.0. The van der Waals surface area contributed by atoms with Gasteiger partial charge < -0.3 is 9.47 Å². The van der Waals surface area contributed by atoms with Crippen LogP contribution >= 0.6 is 15.9 Å². The van der Waals surface area contributed by atoms with E-state index < -0.39 is 0 Å². The van der Waals surface area contributed by atoms with Crippen LogP contribution in [0.4, 0.5) is 4.79 Å². The largest absolute Gasteiger partial charge is 0.447 e. The molecule has 0 saturated carbocycles. The van der Waals surface area contributed by atoms with Gasteiger partial charge in [0.2, 0.25) is 0 Å². The second-order valence-electron chi connectivity index (χ2n) is 6.24. The van der Waals surface area contributed by atoms with Crippen LogP contribution in [0.3, 0.4) is 0 Å². The molecule has 3 rings (SSSR count). The smallest absolute Gasteiger partial charge is 0.412 e. The Morgan fingerprint density at radius 2 is 1.78 bits per heavy atom. The van der Waals surface area contributed by atoms with Crippen molar-refractivity contribution in [2.45, 2.75) is 55.6 Å². The summed E-state index contributed by atoms with van der Waals surface area (Å²) in [5.41, 5.74) is 1.10. The van der Waals surface area contributed by atoms with E-state index in [1.165, 1.54) is 19.3 Å². The highest BCUT2D eigenvalue weighted by molar-refractivity contribution is 9.09. The van der Waals surface area contributed by atoms with Crippen LogP contribution in [-0.4, -0.2) is 35.3 Å². The van der Waals surface area contributed by atoms with Crippen molar-refractivity contribution in [2.24, 2.45) is 0 Å². The molecule has 1 unspecified atom stereocenters. The van der Waals surface area contributed by atoms with Crippen LogP contribution < -0.4 is 0 Å². The van der Waals surface area contributed by atoms with E-state index in [2.05, 4.69) is 15.9 Å². The van der Waals surface area contributed by atoms with Crippen LogP contribution in [0.1, 0.15) is 50.1 Å². The normalized spacial score (nSPS) is 30.0. The molecule has 3 atom stereocenters. The summed E-state index contributed by atoms with van der Waals surface area (Å²) in [7, 11) is 0. The molecule has 0 aliphatic carbocycles. The molecular weight excluding hydrogens is 358 g/mol. The highest BCUT2D eigenvalue weighted by Crippen LogP contribution is 2.34.